The van der Waals surface area contributed by atoms with Crippen molar-refractivity contribution in [1.82, 2.24) is 4.98 Å². The second kappa shape index (κ2) is 7.69. The highest BCUT2D eigenvalue weighted by atomic mass is 16.5. The van der Waals surface area contributed by atoms with Gasteiger partial charge in [-0.15, -0.1) is 0 Å². The van der Waals surface area contributed by atoms with Gasteiger partial charge in [-0.3, -0.25) is 4.98 Å². The van der Waals surface area contributed by atoms with Crippen LogP contribution in [0.25, 0.3) is 21.7 Å². The number of fused-ring (bicyclic) bond motifs is 3. The number of benzene rings is 3. The highest BCUT2D eigenvalue weighted by Gasteiger charge is 2.18. The van der Waals surface area contributed by atoms with E-state index in [0.717, 1.165) is 39.5 Å². The summed E-state index contributed by atoms with van der Waals surface area (Å²) < 4.78 is 5.26. The molecule has 0 radical (unpaired) electrons. The number of rotatable bonds is 5. The predicted octanol–water partition coefficient (Wildman–Crippen LogP) is 5.87. The first-order valence-electron chi connectivity index (χ1n) is 9.54. The highest BCUT2D eigenvalue weighted by Crippen LogP contribution is 2.33. The molecule has 4 nitrogen and oxygen atoms in total. The number of ether oxygens (including phenoxy) is 1. The van der Waals surface area contributed by atoms with Gasteiger partial charge in [-0.2, -0.15) is 0 Å². The molecular formula is C24H22N2O2. The van der Waals surface area contributed by atoms with Crippen LogP contribution in [-0.4, -0.2) is 17.6 Å². The minimum Gasteiger partial charge on any atom is -0.462 e. The second-order valence-electron chi connectivity index (χ2n) is 6.63. The Bertz CT molecular complexity index is 1150. The molecular weight excluding hydrogens is 348 g/mol. The van der Waals surface area contributed by atoms with Crippen LogP contribution in [0.1, 0.15) is 29.8 Å². The topological polar surface area (TPSA) is 51.2 Å². The van der Waals surface area contributed by atoms with E-state index in [1.165, 1.54) is 5.56 Å². The Labute approximate surface area is 164 Å². The van der Waals surface area contributed by atoms with Crippen molar-refractivity contribution in [2.24, 2.45) is 0 Å². The van der Waals surface area contributed by atoms with Gasteiger partial charge in [0.15, 0.2) is 0 Å². The average molecular weight is 370 g/mol. The summed E-state index contributed by atoms with van der Waals surface area (Å²) in [5, 5.41) is 6.49. The van der Waals surface area contributed by atoms with Gasteiger partial charge in [0.1, 0.15) is 5.56 Å². The third-order valence-electron chi connectivity index (χ3n) is 4.89. The third-order valence-corrected chi connectivity index (χ3v) is 4.89. The number of carbonyl (C=O) groups is 1. The summed E-state index contributed by atoms with van der Waals surface area (Å²) >= 11 is 0. The van der Waals surface area contributed by atoms with E-state index in [2.05, 4.69) is 47.6 Å². The van der Waals surface area contributed by atoms with E-state index in [9.17, 15) is 4.79 Å². The average Bonchev–Trinajstić information content (AvgIpc) is 2.74. The molecule has 4 rings (SSSR count). The number of hydrogen-bond donors (Lipinski definition) is 1. The SMILES string of the molecule is CCOC(=O)c1cnc2c(ccc3ccccc32)c1Nc1ccc(CC)cc1. The molecule has 0 fully saturated rings. The Hall–Kier alpha value is -3.40. The molecule has 0 atom stereocenters. The van der Waals surface area contributed by atoms with E-state index in [0.29, 0.717) is 12.2 Å². The number of aryl methyl sites for hydroxylation is 1. The number of esters is 1. The Morgan fingerprint density at radius 3 is 2.50 bits per heavy atom. The molecule has 0 aliphatic carbocycles. The Morgan fingerprint density at radius 2 is 1.75 bits per heavy atom. The van der Waals surface area contributed by atoms with Crippen LogP contribution in [0.5, 0.6) is 0 Å². The molecule has 0 aliphatic heterocycles. The number of carbonyl (C=O) groups excluding carboxylic acids is 1. The van der Waals surface area contributed by atoms with E-state index in [-0.39, 0.29) is 5.97 Å². The lowest BCUT2D eigenvalue weighted by Crippen LogP contribution is -2.09. The van der Waals surface area contributed by atoms with E-state index in [1.54, 1.807) is 13.1 Å². The van der Waals surface area contributed by atoms with Gasteiger partial charge in [0.2, 0.25) is 0 Å². The van der Waals surface area contributed by atoms with E-state index < -0.39 is 0 Å². The summed E-state index contributed by atoms with van der Waals surface area (Å²) in [5.41, 5.74) is 4.20. The summed E-state index contributed by atoms with van der Waals surface area (Å²) in [6.45, 7) is 4.25. The molecule has 4 heteroatoms. The zero-order valence-corrected chi connectivity index (χ0v) is 16.0. The number of aromatic nitrogens is 1. The smallest absolute Gasteiger partial charge is 0.341 e. The van der Waals surface area contributed by atoms with Gasteiger partial charge in [-0.05, 0) is 36.4 Å². The fourth-order valence-corrected chi connectivity index (χ4v) is 3.40. The first-order chi connectivity index (χ1) is 13.7. The van der Waals surface area contributed by atoms with Crippen molar-refractivity contribution in [3.05, 3.63) is 78.0 Å². The monoisotopic (exact) mass is 370 g/mol. The van der Waals surface area contributed by atoms with Crippen LogP contribution in [0.3, 0.4) is 0 Å². The van der Waals surface area contributed by atoms with Gasteiger partial charge in [0, 0.05) is 22.7 Å². The maximum absolute atomic E-state index is 12.6. The number of nitrogens with one attached hydrogen (secondary N) is 1. The van der Waals surface area contributed by atoms with Crippen molar-refractivity contribution < 1.29 is 9.53 Å². The molecule has 0 unspecified atom stereocenters. The van der Waals surface area contributed by atoms with Gasteiger partial charge in [0.25, 0.3) is 0 Å². The van der Waals surface area contributed by atoms with Crippen LogP contribution >= 0.6 is 0 Å². The highest BCUT2D eigenvalue weighted by molar-refractivity contribution is 6.13. The van der Waals surface area contributed by atoms with Crippen LogP contribution in [0, 0.1) is 0 Å². The molecule has 0 aliphatic rings. The standard InChI is InChI=1S/C24H22N2O2/c1-3-16-9-12-18(13-10-16)26-23-20-14-11-17-7-5-6-8-19(17)22(20)25-15-21(23)24(27)28-4-2/h5-15H,3-4H2,1-2H3,(H,25,26). The molecule has 140 valence electrons. The normalized spacial score (nSPS) is 10.9. The third kappa shape index (κ3) is 3.29. The predicted molar refractivity (Wildman–Crippen MR) is 114 cm³/mol. The molecule has 1 N–H and O–H groups in total. The van der Waals surface area contributed by atoms with Crippen LogP contribution in [-0.2, 0) is 11.2 Å². The van der Waals surface area contributed by atoms with Crippen molar-refractivity contribution in [1.29, 1.82) is 0 Å². The first-order valence-corrected chi connectivity index (χ1v) is 9.54. The van der Waals surface area contributed by atoms with Gasteiger partial charge in [0.05, 0.1) is 17.8 Å². The lowest BCUT2D eigenvalue weighted by atomic mass is 10.0. The first kappa shape index (κ1) is 18.0. The van der Waals surface area contributed by atoms with Crippen molar-refractivity contribution in [2.45, 2.75) is 20.3 Å². The number of pyridine rings is 1. The minimum absolute atomic E-state index is 0.319. The summed E-state index contributed by atoms with van der Waals surface area (Å²) in [4.78, 5) is 17.2. The Balaban J connectivity index is 1.91. The molecule has 1 heterocycles. The second-order valence-corrected chi connectivity index (χ2v) is 6.63. The van der Waals surface area contributed by atoms with Crippen LogP contribution in [0.2, 0.25) is 0 Å². The maximum Gasteiger partial charge on any atom is 0.341 e. The summed E-state index contributed by atoms with van der Waals surface area (Å²) in [5.74, 6) is -0.377. The van der Waals surface area contributed by atoms with Gasteiger partial charge in [-0.1, -0.05) is 55.5 Å². The fraction of sp³-hybridized carbons (Fsp3) is 0.167. The minimum atomic E-state index is -0.377. The molecule has 3 aromatic carbocycles. The van der Waals surface area contributed by atoms with Crippen molar-refractivity contribution in [2.75, 3.05) is 11.9 Å². The van der Waals surface area contributed by atoms with Gasteiger partial charge in [-0.25, -0.2) is 4.79 Å². The Kier molecular flexibility index (Phi) is 4.94. The van der Waals surface area contributed by atoms with Crippen molar-refractivity contribution in [3.63, 3.8) is 0 Å². The van der Waals surface area contributed by atoms with Crippen LogP contribution < -0.4 is 5.32 Å². The molecule has 0 amide bonds. The fourth-order valence-electron chi connectivity index (χ4n) is 3.40. The van der Waals surface area contributed by atoms with Crippen LogP contribution in [0.15, 0.2) is 66.9 Å². The molecule has 28 heavy (non-hydrogen) atoms. The van der Waals surface area contributed by atoms with Crippen LogP contribution in [0.4, 0.5) is 11.4 Å². The largest absolute Gasteiger partial charge is 0.462 e. The number of anilines is 2. The summed E-state index contributed by atoms with van der Waals surface area (Å²) in [6, 6.07) is 20.4. The number of hydrogen-bond acceptors (Lipinski definition) is 4. The molecule has 0 saturated heterocycles. The molecule has 0 bridgehead atoms. The Morgan fingerprint density at radius 1 is 0.964 bits per heavy atom. The summed E-state index contributed by atoms with van der Waals surface area (Å²) in [6.07, 6.45) is 2.59. The lowest BCUT2D eigenvalue weighted by Gasteiger charge is -2.15. The van der Waals surface area contributed by atoms with Crippen molar-refractivity contribution >= 4 is 39.0 Å². The molecule has 0 spiro atoms. The molecule has 4 aromatic rings. The van der Waals surface area contributed by atoms with E-state index >= 15 is 0 Å². The number of nitrogens with zero attached hydrogens (tertiary/aromatic N) is 1. The maximum atomic E-state index is 12.6. The van der Waals surface area contributed by atoms with Gasteiger partial charge < -0.3 is 10.1 Å². The van der Waals surface area contributed by atoms with E-state index in [1.807, 2.05) is 30.3 Å². The quantitative estimate of drug-likeness (QED) is 0.352. The molecule has 1 aromatic heterocycles. The lowest BCUT2D eigenvalue weighted by molar-refractivity contribution is 0.0527. The molecule has 0 saturated carbocycles. The van der Waals surface area contributed by atoms with E-state index in [4.69, 9.17) is 4.74 Å². The summed E-state index contributed by atoms with van der Waals surface area (Å²) in [7, 11) is 0. The zero-order valence-electron chi connectivity index (χ0n) is 16.0. The van der Waals surface area contributed by atoms with Gasteiger partial charge >= 0.3 is 5.97 Å². The zero-order chi connectivity index (χ0) is 19.5. The van der Waals surface area contributed by atoms with Crippen molar-refractivity contribution in [3.8, 4) is 0 Å².